The van der Waals surface area contributed by atoms with E-state index in [2.05, 4.69) is 27.7 Å². The van der Waals surface area contributed by atoms with Crippen molar-refractivity contribution in [2.45, 2.75) is 65.1 Å². The Morgan fingerprint density at radius 3 is 2.33 bits per heavy atom. The standard InChI is InChI=1S/C18H25FO2/c1-16(2)9-17(3,4)11-18(10-16)8-14(20)13-6-5-12(19)7-15(13)21-18/h5-7,14,20H,8-11H2,1-4H3/t14-/m0/s1. The van der Waals surface area contributed by atoms with E-state index in [9.17, 15) is 9.50 Å². The van der Waals surface area contributed by atoms with Gasteiger partial charge in [0.1, 0.15) is 17.2 Å². The summed E-state index contributed by atoms with van der Waals surface area (Å²) in [5.74, 6) is 0.203. The zero-order valence-corrected chi connectivity index (χ0v) is 13.4. The third kappa shape index (κ3) is 2.80. The number of aliphatic hydroxyl groups is 1. The summed E-state index contributed by atoms with van der Waals surface area (Å²) in [4.78, 5) is 0. The first-order chi connectivity index (χ1) is 9.60. The molecule has 1 aliphatic heterocycles. The quantitative estimate of drug-likeness (QED) is 0.756. The van der Waals surface area contributed by atoms with Crippen LogP contribution in [0.1, 0.15) is 65.0 Å². The predicted octanol–water partition coefficient (Wildman–Crippen LogP) is 4.62. The first-order valence-corrected chi connectivity index (χ1v) is 7.77. The van der Waals surface area contributed by atoms with Crippen LogP contribution >= 0.6 is 0 Å². The molecule has 3 rings (SSSR count). The van der Waals surface area contributed by atoms with Crippen LogP contribution in [0.4, 0.5) is 4.39 Å². The zero-order valence-electron chi connectivity index (χ0n) is 13.4. The largest absolute Gasteiger partial charge is 0.487 e. The number of aliphatic hydroxyl groups excluding tert-OH is 1. The fraction of sp³-hybridized carbons (Fsp3) is 0.667. The van der Waals surface area contributed by atoms with Crippen LogP contribution in [0.25, 0.3) is 0 Å². The summed E-state index contributed by atoms with van der Waals surface area (Å²) in [6.45, 7) is 9.03. The van der Waals surface area contributed by atoms with E-state index in [1.165, 1.54) is 12.1 Å². The molecule has 0 bridgehead atoms. The number of rotatable bonds is 0. The van der Waals surface area contributed by atoms with Crippen LogP contribution in [0.3, 0.4) is 0 Å². The van der Waals surface area contributed by atoms with Gasteiger partial charge in [-0.3, -0.25) is 0 Å². The van der Waals surface area contributed by atoms with Gasteiger partial charge in [0.25, 0.3) is 0 Å². The van der Waals surface area contributed by atoms with Crippen LogP contribution in [0.15, 0.2) is 18.2 Å². The van der Waals surface area contributed by atoms with Crippen LogP contribution in [0.2, 0.25) is 0 Å². The van der Waals surface area contributed by atoms with E-state index in [1.807, 2.05) is 0 Å². The molecule has 1 saturated carbocycles. The maximum atomic E-state index is 13.5. The van der Waals surface area contributed by atoms with Crippen LogP contribution in [0.5, 0.6) is 5.75 Å². The van der Waals surface area contributed by atoms with E-state index in [1.54, 1.807) is 6.07 Å². The molecule has 1 spiro atoms. The lowest BCUT2D eigenvalue weighted by molar-refractivity contribution is -0.104. The maximum absolute atomic E-state index is 13.5. The van der Waals surface area contributed by atoms with E-state index in [4.69, 9.17) is 4.74 Å². The minimum Gasteiger partial charge on any atom is -0.487 e. The van der Waals surface area contributed by atoms with Gasteiger partial charge in [0, 0.05) is 18.1 Å². The zero-order chi connectivity index (χ0) is 15.5. The minimum atomic E-state index is -0.570. The van der Waals surface area contributed by atoms with Gasteiger partial charge < -0.3 is 9.84 Å². The molecule has 1 N–H and O–H groups in total. The number of halogens is 1. The Hall–Kier alpha value is -1.09. The first kappa shape index (κ1) is 14.8. The topological polar surface area (TPSA) is 29.5 Å². The fourth-order valence-electron chi connectivity index (χ4n) is 5.05. The molecule has 1 fully saturated rings. The van der Waals surface area contributed by atoms with Crippen LogP contribution in [-0.4, -0.2) is 10.7 Å². The molecule has 1 atom stereocenters. The summed E-state index contributed by atoms with van der Waals surface area (Å²) in [5.41, 5.74) is 0.646. The summed E-state index contributed by atoms with van der Waals surface area (Å²) in [7, 11) is 0. The lowest BCUT2D eigenvalue weighted by Crippen LogP contribution is -2.52. The number of benzene rings is 1. The van der Waals surface area contributed by atoms with Crippen molar-refractivity contribution in [3.05, 3.63) is 29.6 Å². The molecule has 3 heteroatoms. The SMILES string of the molecule is CC1(C)CC(C)(C)CC2(C[C@H](O)c3ccc(F)cc3O2)C1. The van der Waals surface area contributed by atoms with Gasteiger partial charge in [-0.05, 0) is 42.2 Å². The van der Waals surface area contributed by atoms with Crippen molar-refractivity contribution in [3.63, 3.8) is 0 Å². The Kier molecular flexibility index (Phi) is 3.14. The highest BCUT2D eigenvalue weighted by Gasteiger charge is 2.51. The van der Waals surface area contributed by atoms with E-state index in [0.717, 1.165) is 19.3 Å². The van der Waals surface area contributed by atoms with Crippen molar-refractivity contribution in [3.8, 4) is 5.75 Å². The Morgan fingerprint density at radius 2 is 1.71 bits per heavy atom. The molecular weight excluding hydrogens is 267 g/mol. The van der Waals surface area contributed by atoms with Crippen molar-refractivity contribution in [2.75, 3.05) is 0 Å². The molecular formula is C18H25FO2. The van der Waals surface area contributed by atoms with Crippen molar-refractivity contribution >= 4 is 0 Å². The first-order valence-electron chi connectivity index (χ1n) is 7.77. The summed E-state index contributed by atoms with van der Waals surface area (Å²) in [6, 6.07) is 4.44. The van der Waals surface area contributed by atoms with E-state index in [-0.39, 0.29) is 22.2 Å². The molecule has 0 amide bonds. The second-order valence-corrected chi connectivity index (χ2v) is 8.55. The number of fused-ring (bicyclic) bond motifs is 1. The van der Waals surface area contributed by atoms with Crippen LogP contribution in [0, 0.1) is 16.6 Å². The molecule has 2 nitrogen and oxygen atoms in total. The van der Waals surface area contributed by atoms with Gasteiger partial charge in [-0.1, -0.05) is 27.7 Å². The van der Waals surface area contributed by atoms with E-state index < -0.39 is 6.10 Å². The summed E-state index contributed by atoms with van der Waals surface area (Å²) < 4.78 is 19.8. The van der Waals surface area contributed by atoms with Crippen molar-refractivity contribution in [1.29, 1.82) is 0 Å². The van der Waals surface area contributed by atoms with Gasteiger partial charge in [0.05, 0.1) is 6.10 Å². The lowest BCUT2D eigenvalue weighted by atomic mass is 9.58. The van der Waals surface area contributed by atoms with E-state index in [0.29, 0.717) is 17.7 Å². The third-order valence-electron chi connectivity index (χ3n) is 4.78. The van der Waals surface area contributed by atoms with Crippen molar-refractivity contribution < 1.29 is 14.2 Å². The second kappa shape index (κ2) is 4.45. The Morgan fingerprint density at radius 1 is 1.10 bits per heavy atom. The summed E-state index contributed by atoms with van der Waals surface area (Å²) >= 11 is 0. The molecule has 0 radical (unpaired) electrons. The Labute approximate surface area is 126 Å². The van der Waals surface area contributed by atoms with Crippen molar-refractivity contribution in [2.24, 2.45) is 10.8 Å². The highest BCUT2D eigenvalue weighted by atomic mass is 19.1. The van der Waals surface area contributed by atoms with Gasteiger partial charge in [0.15, 0.2) is 0 Å². The average molecular weight is 292 g/mol. The highest BCUT2D eigenvalue weighted by Crippen LogP contribution is 2.56. The lowest BCUT2D eigenvalue weighted by Gasteiger charge is -2.54. The highest BCUT2D eigenvalue weighted by molar-refractivity contribution is 5.39. The molecule has 21 heavy (non-hydrogen) atoms. The minimum absolute atomic E-state index is 0.159. The number of ether oxygens (including phenoxy) is 1. The average Bonchev–Trinajstić information content (AvgIpc) is 2.22. The van der Waals surface area contributed by atoms with Gasteiger partial charge in [-0.2, -0.15) is 0 Å². The number of hydrogen-bond acceptors (Lipinski definition) is 2. The Balaban J connectivity index is 2.00. The normalized spacial score (nSPS) is 28.8. The smallest absolute Gasteiger partial charge is 0.128 e. The summed E-state index contributed by atoms with van der Waals surface area (Å²) in [6.07, 6.45) is 2.96. The predicted molar refractivity (Wildman–Crippen MR) is 80.7 cm³/mol. The van der Waals surface area contributed by atoms with Gasteiger partial charge in [-0.25, -0.2) is 4.39 Å². The monoisotopic (exact) mass is 292 g/mol. The van der Waals surface area contributed by atoms with Crippen LogP contribution in [-0.2, 0) is 0 Å². The number of hydrogen-bond donors (Lipinski definition) is 1. The Bertz CT molecular complexity index is 546. The van der Waals surface area contributed by atoms with Gasteiger partial charge >= 0.3 is 0 Å². The fourth-order valence-corrected chi connectivity index (χ4v) is 5.05. The molecule has 1 aromatic rings. The van der Waals surface area contributed by atoms with E-state index >= 15 is 0 Å². The third-order valence-corrected chi connectivity index (χ3v) is 4.78. The summed E-state index contributed by atoms with van der Waals surface area (Å²) in [5, 5.41) is 10.5. The molecule has 0 aromatic heterocycles. The molecule has 116 valence electrons. The second-order valence-electron chi connectivity index (χ2n) is 8.55. The molecule has 1 aromatic carbocycles. The van der Waals surface area contributed by atoms with Gasteiger partial charge in [-0.15, -0.1) is 0 Å². The van der Waals surface area contributed by atoms with Crippen molar-refractivity contribution in [1.82, 2.24) is 0 Å². The molecule has 0 unspecified atom stereocenters. The maximum Gasteiger partial charge on any atom is 0.128 e. The van der Waals surface area contributed by atoms with Gasteiger partial charge in [0.2, 0.25) is 0 Å². The molecule has 0 saturated heterocycles. The molecule has 1 aliphatic carbocycles. The molecule has 1 heterocycles. The van der Waals surface area contributed by atoms with Crippen LogP contribution < -0.4 is 4.74 Å². The molecule has 2 aliphatic rings.